The van der Waals surface area contributed by atoms with E-state index in [9.17, 15) is 14.3 Å². The third-order valence-corrected chi connectivity index (χ3v) is 9.04. The van der Waals surface area contributed by atoms with Gasteiger partial charge in [-0.05, 0) is 48.9 Å². The minimum Gasteiger partial charge on any atom is -0.496 e. The van der Waals surface area contributed by atoms with Gasteiger partial charge in [-0.3, -0.25) is 0 Å². The highest BCUT2D eigenvalue weighted by Crippen LogP contribution is 2.68. The zero-order valence-electron chi connectivity index (χ0n) is 23.2. The number of halogens is 2. The molecule has 0 spiro atoms. The molecular formula is C31H33ClFN3O5. The van der Waals surface area contributed by atoms with Crippen LogP contribution in [0.1, 0.15) is 29.0 Å². The average Bonchev–Trinajstić information content (AvgIpc) is 3.38. The van der Waals surface area contributed by atoms with Crippen molar-refractivity contribution in [1.82, 2.24) is 15.1 Å². The van der Waals surface area contributed by atoms with Crippen LogP contribution in [-0.4, -0.2) is 74.4 Å². The molecule has 1 saturated carbocycles. The van der Waals surface area contributed by atoms with E-state index in [1.54, 1.807) is 47.4 Å². The van der Waals surface area contributed by atoms with Crippen molar-refractivity contribution in [2.24, 2.45) is 0 Å². The summed E-state index contributed by atoms with van der Waals surface area (Å²) in [6.07, 6.45) is 0.274. The van der Waals surface area contributed by atoms with Crippen LogP contribution in [0.4, 0.5) is 9.18 Å². The lowest BCUT2D eigenvalue weighted by Crippen LogP contribution is -2.59. The summed E-state index contributed by atoms with van der Waals surface area (Å²) in [7, 11) is 5.07. The van der Waals surface area contributed by atoms with E-state index in [1.807, 2.05) is 13.1 Å². The normalized spacial score (nSPS) is 27.1. The Kier molecular flexibility index (Phi) is 7.00. The monoisotopic (exact) mass is 581 g/mol. The van der Waals surface area contributed by atoms with E-state index < -0.39 is 29.0 Å². The summed E-state index contributed by atoms with van der Waals surface area (Å²) in [4.78, 5) is 17.6. The van der Waals surface area contributed by atoms with E-state index in [0.717, 1.165) is 13.1 Å². The molecule has 1 unspecified atom stereocenters. The Morgan fingerprint density at radius 1 is 1.07 bits per heavy atom. The quantitative estimate of drug-likeness (QED) is 0.462. The highest BCUT2D eigenvalue weighted by Gasteiger charge is 2.74. The number of nitrogens with one attached hydrogen (secondary N) is 1. The van der Waals surface area contributed by atoms with E-state index in [1.165, 1.54) is 26.4 Å². The van der Waals surface area contributed by atoms with Crippen LogP contribution in [0.15, 0.2) is 60.7 Å². The third-order valence-electron chi connectivity index (χ3n) is 8.79. The second kappa shape index (κ2) is 10.4. The fourth-order valence-electron chi connectivity index (χ4n) is 6.76. The van der Waals surface area contributed by atoms with Crippen molar-refractivity contribution in [1.29, 1.82) is 0 Å². The summed E-state index contributed by atoms with van der Waals surface area (Å²) < 4.78 is 32.8. The average molecular weight is 582 g/mol. The van der Waals surface area contributed by atoms with E-state index in [0.29, 0.717) is 52.1 Å². The van der Waals surface area contributed by atoms with Gasteiger partial charge in [-0.2, -0.15) is 0 Å². The van der Waals surface area contributed by atoms with Crippen LogP contribution in [-0.2, 0) is 11.2 Å². The minimum atomic E-state index is -1.81. The molecule has 2 fully saturated rings. The summed E-state index contributed by atoms with van der Waals surface area (Å²) in [6, 6.07) is 15.7. The molecule has 10 heteroatoms. The largest absolute Gasteiger partial charge is 0.496 e. The predicted octanol–water partition coefficient (Wildman–Crippen LogP) is 4.48. The lowest BCUT2D eigenvalue weighted by molar-refractivity contribution is -0.116. The number of fused-ring (bicyclic) bond motifs is 3. The molecule has 1 aliphatic carbocycles. The molecule has 6 rings (SSSR count). The maximum Gasteiger partial charge on any atom is 0.317 e. The fraction of sp³-hybridized carbons (Fsp3) is 0.387. The first-order valence-corrected chi connectivity index (χ1v) is 14.0. The number of rotatable bonds is 5. The molecule has 0 radical (unpaired) electrons. The second-order valence-corrected chi connectivity index (χ2v) is 11.4. The number of nitrogens with zero attached hydrogens (tertiary/aromatic N) is 2. The summed E-state index contributed by atoms with van der Waals surface area (Å²) in [5.41, 5.74) is -1.61. The molecule has 3 aliphatic rings. The van der Waals surface area contributed by atoms with Crippen molar-refractivity contribution in [3.05, 3.63) is 88.2 Å². The molecule has 2 heterocycles. The number of likely N-dealkylation sites (N-methyl/N-ethyl adjacent to an activating group) is 1. The molecule has 4 atom stereocenters. The van der Waals surface area contributed by atoms with Gasteiger partial charge in [0.1, 0.15) is 23.1 Å². The van der Waals surface area contributed by atoms with Gasteiger partial charge in [0.05, 0.1) is 25.8 Å². The van der Waals surface area contributed by atoms with Crippen LogP contribution in [0.2, 0.25) is 5.02 Å². The number of amides is 2. The van der Waals surface area contributed by atoms with Crippen LogP contribution in [0.5, 0.6) is 17.2 Å². The number of piperazine rings is 1. The number of aliphatic hydroxyl groups is 1. The van der Waals surface area contributed by atoms with Crippen molar-refractivity contribution >= 4 is 17.6 Å². The summed E-state index contributed by atoms with van der Waals surface area (Å²) in [5.74, 6) is 0.230. The molecule has 8 nitrogen and oxygen atoms in total. The minimum absolute atomic E-state index is 0.274. The number of urea groups is 1. The Hall–Kier alpha value is -3.53. The van der Waals surface area contributed by atoms with Crippen molar-refractivity contribution in [2.75, 3.05) is 47.4 Å². The number of hydrogen-bond donors (Lipinski definition) is 2. The number of methoxy groups -OCH3 is 2. The van der Waals surface area contributed by atoms with E-state index in [4.69, 9.17) is 25.8 Å². The molecule has 2 N–H and O–H groups in total. The van der Waals surface area contributed by atoms with E-state index in [2.05, 4.69) is 10.2 Å². The maximum absolute atomic E-state index is 14.7. The number of benzene rings is 3. The standard InChI is InChI=1S/C31H33ClFN3O5/c1-35-11-13-36(14-12-35)29(37)34-27-18-24(19-5-4-6-22(33)15-19)31(20-7-9-21(32)10-8-20)30(27,38)28-25(40-3)16-23(39-2)17-26(28)41-31/h4-10,15-17,24,27,38H,11-14,18H2,1-3H3,(H,34,37)/t24?,27-,30+,31-/m0/s1. The van der Waals surface area contributed by atoms with Crippen molar-refractivity contribution in [3.8, 4) is 17.2 Å². The lowest BCUT2D eigenvalue weighted by Gasteiger charge is -2.42. The lowest BCUT2D eigenvalue weighted by atomic mass is 9.71. The van der Waals surface area contributed by atoms with Crippen LogP contribution in [0, 0.1) is 5.82 Å². The van der Waals surface area contributed by atoms with Crippen molar-refractivity contribution < 1.29 is 28.5 Å². The molecule has 41 heavy (non-hydrogen) atoms. The van der Waals surface area contributed by atoms with Gasteiger partial charge in [0.15, 0.2) is 11.2 Å². The Balaban J connectivity index is 1.56. The number of hydrogen-bond acceptors (Lipinski definition) is 6. The highest BCUT2D eigenvalue weighted by atomic mass is 35.5. The van der Waals surface area contributed by atoms with Crippen LogP contribution >= 0.6 is 11.6 Å². The second-order valence-electron chi connectivity index (χ2n) is 10.9. The Morgan fingerprint density at radius 3 is 2.46 bits per heavy atom. The highest BCUT2D eigenvalue weighted by molar-refractivity contribution is 6.30. The topological polar surface area (TPSA) is 83.5 Å². The molecule has 0 aromatic heterocycles. The van der Waals surface area contributed by atoms with Crippen molar-refractivity contribution in [2.45, 2.75) is 29.6 Å². The Morgan fingerprint density at radius 2 is 1.80 bits per heavy atom. The van der Waals surface area contributed by atoms with Gasteiger partial charge in [-0.25, -0.2) is 9.18 Å². The van der Waals surface area contributed by atoms with Gasteiger partial charge >= 0.3 is 6.03 Å². The molecule has 3 aromatic carbocycles. The maximum atomic E-state index is 14.7. The first kappa shape index (κ1) is 27.6. The van der Waals surface area contributed by atoms with E-state index in [-0.39, 0.29) is 12.5 Å². The molecule has 216 valence electrons. The first-order valence-electron chi connectivity index (χ1n) is 13.6. The van der Waals surface area contributed by atoms with Gasteiger partial charge in [0.2, 0.25) is 0 Å². The van der Waals surface area contributed by atoms with Crippen molar-refractivity contribution in [3.63, 3.8) is 0 Å². The van der Waals surface area contributed by atoms with Gasteiger partial charge < -0.3 is 34.4 Å². The van der Waals surface area contributed by atoms with Gasteiger partial charge in [-0.1, -0.05) is 35.9 Å². The van der Waals surface area contributed by atoms with Crippen LogP contribution < -0.4 is 19.5 Å². The summed E-state index contributed by atoms with van der Waals surface area (Å²) >= 11 is 6.28. The molecule has 2 aliphatic heterocycles. The number of carbonyl (C=O) groups is 1. The first-order chi connectivity index (χ1) is 19.7. The summed E-state index contributed by atoms with van der Waals surface area (Å²) in [6.45, 7) is 2.64. The van der Waals surface area contributed by atoms with Gasteiger partial charge in [0, 0.05) is 49.3 Å². The SMILES string of the molecule is COc1cc(OC)c2c(c1)O[C@@]1(c3ccc(Cl)cc3)C(c3cccc(F)c3)C[C@H](NC(=O)N3CCN(C)CC3)[C@@]21O. The number of carbonyl (C=O) groups excluding carboxylic acids is 1. The van der Waals surface area contributed by atoms with Gasteiger partial charge in [-0.15, -0.1) is 0 Å². The zero-order valence-corrected chi connectivity index (χ0v) is 24.0. The van der Waals surface area contributed by atoms with E-state index >= 15 is 0 Å². The molecular weight excluding hydrogens is 549 g/mol. The smallest absolute Gasteiger partial charge is 0.317 e. The van der Waals surface area contributed by atoms with Gasteiger partial charge in [0.25, 0.3) is 0 Å². The molecule has 3 aromatic rings. The third kappa shape index (κ3) is 4.29. The summed E-state index contributed by atoms with van der Waals surface area (Å²) in [5, 5.41) is 16.8. The van der Waals surface area contributed by atoms with Crippen LogP contribution in [0.3, 0.4) is 0 Å². The van der Waals surface area contributed by atoms with Crippen LogP contribution in [0.25, 0.3) is 0 Å². The molecule has 2 amide bonds. The Bertz CT molecular complexity index is 1460. The molecule has 0 bridgehead atoms. The predicted molar refractivity (Wildman–Crippen MR) is 152 cm³/mol. The number of ether oxygens (including phenoxy) is 3. The zero-order chi connectivity index (χ0) is 28.9. The fourth-order valence-corrected chi connectivity index (χ4v) is 6.89. The Labute approximate surface area is 243 Å². The molecule has 1 saturated heterocycles.